The fourth-order valence-corrected chi connectivity index (χ4v) is 5.12. The van der Waals surface area contributed by atoms with E-state index < -0.39 is 34.6 Å². The van der Waals surface area contributed by atoms with Crippen molar-refractivity contribution in [2.24, 2.45) is 5.73 Å². The highest BCUT2D eigenvalue weighted by atomic mass is 32.2. The number of allylic oxidation sites excluding steroid dienone is 1. The van der Waals surface area contributed by atoms with E-state index in [0.717, 1.165) is 43.0 Å². The van der Waals surface area contributed by atoms with Crippen LogP contribution in [0.3, 0.4) is 0 Å². The maximum Gasteiger partial charge on any atom is 0.376 e. The Morgan fingerprint density at radius 2 is 1.59 bits per heavy atom. The van der Waals surface area contributed by atoms with E-state index in [1.54, 1.807) is 43.8 Å². The molecule has 0 radical (unpaired) electrons. The summed E-state index contributed by atoms with van der Waals surface area (Å²) in [5, 5.41) is 23.7. The van der Waals surface area contributed by atoms with Gasteiger partial charge in [-0.05, 0) is 56.6 Å². The lowest BCUT2D eigenvalue weighted by Gasteiger charge is -2.14. The van der Waals surface area contributed by atoms with E-state index >= 15 is 0 Å². The molecule has 0 aliphatic heterocycles. The Bertz CT molecular complexity index is 1300. The lowest BCUT2D eigenvalue weighted by atomic mass is 10.1. The molecule has 0 saturated heterocycles. The van der Waals surface area contributed by atoms with Crippen molar-refractivity contribution in [3.63, 3.8) is 0 Å². The largest absolute Gasteiger partial charge is 0.501 e. The van der Waals surface area contributed by atoms with E-state index in [4.69, 9.17) is 34.4 Å². The molecule has 314 valence electrons. The molecule has 0 aromatic carbocycles. The topological polar surface area (TPSA) is 244 Å². The summed E-state index contributed by atoms with van der Waals surface area (Å²) >= 11 is 1.14. The second-order valence-corrected chi connectivity index (χ2v) is 12.3. The molecule has 7 N–H and O–H groups in total. The van der Waals surface area contributed by atoms with Crippen LogP contribution < -0.4 is 16.4 Å². The molecule has 1 atom stereocenters. The number of methoxy groups -OCH3 is 1. The highest BCUT2D eigenvalue weighted by Crippen LogP contribution is 2.30. The molecule has 0 spiro atoms. The Morgan fingerprint density at radius 1 is 1.09 bits per heavy atom. The van der Waals surface area contributed by atoms with E-state index in [0.29, 0.717) is 28.4 Å². The third kappa shape index (κ3) is 25.8. The number of thioether (sulfide) groups is 1. The van der Waals surface area contributed by atoms with Gasteiger partial charge in [0.25, 0.3) is 5.91 Å². The lowest BCUT2D eigenvalue weighted by molar-refractivity contribution is -0.143. The Labute approximate surface area is 329 Å². The number of hydrogen-bond acceptors (Lipinski definition) is 15. The summed E-state index contributed by atoms with van der Waals surface area (Å²) in [7, 11) is 2.72. The quantitative estimate of drug-likeness (QED) is 0.0411. The van der Waals surface area contributed by atoms with Crippen LogP contribution in [0.4, 0.5) is 0 Å². The molecule has 54 heavy (non-hydrogen) atoms. The molecule has 1 amide bonds. The van der Waals surface area contributed by atoms with Gasteiger partial charge in [0.2, 0.25) is 11.5 Å². The second-order valence-electron chi connectivity index (χ2n) is 9.51. The standard InChI is InChI=1S/C15H23N3O5S2.C14H21NO4.3C2H6.CH4O.HNO/c1-5-23-15(20)13(22-4)12(14(16)19)17-8-9-24-10(2)25(21)18(3)11-6-7-11;1-5-18-14(17)13(16)10(4)15-7-12-6-11(8-19-12)9(2)3;5*1-2/h8-9,11,17H,2,5-7H2,1,3-4H3,(H2,16,19);6,8-9,15-16H,5,7H2,1-4H3;3*1-2H3;2H,1H3;1H/b9-8+,13-12+;13-10+;;;;;. The summed E-state index contributed by atoms with van der Waals surface area (Å²) in [6, 6.07) is 2.30. The number of nitrogens with one attached hydrogen (secondary N) is 3. The molecule has 18 heteroatoms. The van der Waals surface area contributed by atoms with Crippen molar-refractivity contribution >= 4 is 40.6 Å². The number of aliphatic hydroxyl groups excluding tert-OH is 2. The Balaban J connectivity index is -0.000000245. The number of nitroso groups, excluding NO2 is 1. The fraction of sp³-hybridized carbons (Fsp3) is 0.583. The van der Waals surface area contributed by atoms with E-state index in [1.807, 2.05) is 47.6 Å². The summed E-state index contributed by atoms with van der Waals surface area (Å²) < 4.78 is 34.2. The predicted molar refractivity (Wildman–Crippen MR) is 218 cm³/mol. The lowest BCUT2D eigenvalue weighted by Crippen LogP contribution is -2.28. The zero-order chi connectivity index (χ0) is 43.4. The number of carbonyl (C=O) groups is 3. The summed E-state index contributed by atoms with van der Waals surface area (Å²) in [5.74, 6) is -1.98. The van der Waals surface area contributed by atoms with Crippen LogP contribution in [-0.2, 0) is 46.1 Å². The molecule has 1 heterocycles. The number of primary amides is 1. The van der Waals surface area contributed by atoms with Crippen LogP contribution in [0.15, 0.2) is 62.1 Å². The average Bonchev–Trinajstić information content (AvgIpc) is 3.94. The highest BCUT2D eigenvalue weighted by molar-refractivity contribution is 8.17. The second kappa shape index (κ2) is 38.6. The number of carbonyl (C=O) groups excluding carboxylic acids is 3. The van der Waals surface area contributed by atoms with E-state index in [2.05, 4.69) is 36.7 Å². The minimum Gasteiger partial charge on any atom is -0.501 e. The molecule has 1 aromatic heterocycles. The van der Waals surface area contributed by atoms with Crippen LogP contribution in [-0.4, -0.2) is 77.1 Å². The van der Waals surface area contributed by atoms with Crippen LogP contribution in [0, 0.1) is 10.5 Å². The maximum absolute atomic E-state index is 12.2. The SMILES string of the molecule is C=C(S/C=C/N/C(C(N)=O)=C(/OC)C(=O)OCC)S(=O)N(C)C1CC1.CC.CC.CC.CCOC(=O)/C(O)=C(/C)NCc1cc(C(C)C)co1.CO.N=O. The normalized spacial score (nSPS) is 12.4. The van der Waals surface area contributed by atoms with Gasteiger partial charge in [0.1, 0.15) is 16.7 Å². The van der Waals surface area contributed by atoms with Crippen LogP contribution in [0.2, 0.25) is 0 Å². The van der Waals surface area contributed by atoms with Crippen LogP contribution in [0.1, 0.15) is 106 Å². The fourth-order valence-electron chi connectivity index (χ4n) is 3.18. The zero-order valence-corrected chi connectivity index (χ0v) is 36.2. The monoisotopic (exact) mass is 809 g/mol. The van der Waals surface area contributed by atoms with Gasteiger partial charge in [-0.3, -0.25) is 4.79 Å². The van der Waals surface area contributed by atoms with Gasteiger partial charge in [0.05, 0.1) is 43.1 Å². The summed E-state index contributed by atoms with van der Waals surface area (Å²) in [4.78, 5) is 42.1. The van der Waals surface area contributed by atoms with Gasteiger partial charge in [-0.2, -0.15) is 4.91 Å². The Hall–Kier alpha value is -4.13. The van der Waals surface area contributed by atoms with Crippen molar-refractivity contribution in [2.75, 3.05) is 34.5 Å². The number of nitrogens with two attached hydrogens (primary N) is 1. The van der Waals surface area contributed by atoms with Gasteiger partial charge in [-0.15, -0.1) is 0 Å². The van der Waals surface area contributed by atoms with E-state index in [1.165, 1.54) is 13.3 Å². The zero-order valence-electron chi connectivity index (χ0n) is 34.6. The van der Waals surface area contributed by atoms with Crippen molar-refractivity contribution in [2.45, 2.75) is 108 Å². The molecule has 1 saturated carbocycles. The molecular weight excluding hydrogens is 743 g/mol. The number of furan rings is 1. The molecule has 16 nitrogen and oxygen atoms in total. The summed E-state index contributed by atoms with van der Waals surface area (Å²) in [6.07, 6.45) is 5.17. The number of rotatable bonds is 17. The summed E-state index contributed by atoms with van der Waals surface area (Å²) in [5.41, 5.74) is 11.0. The van der Waals surface area contributed by atoms with Crippen molar-refractivity contribution < 1.29 is 47.4 Å². The first-order chi connectivity index (χ1) is 25.8. The van der Waals surface area contributed by atoms with Gasteiger partial charge in [-0.1, -0.05) is 79.3 Å². The van der Waals surface area contributed by atoms with Gasteiger partial charge in [-0.25, -0.2) is 18.1 Å². The van der Waals surface area contributed by atoms with Gasteiger partial charge in [0.15, 0.2) is 5.70 Å². The first-order valence-electron chi connectivity index (χ1n) is 17.5. The van der Waals surface area contributed by atoms with E-state index in [9.17, 15) is 23.7 Å². The van der Waals surface area contributed by atoms with Crippen molar-refractivity contribution in [1.82, 2.24) is 14.9 Å². The molecule has 2 rings (SSSR count). The van der Waals surface area contributed by atoms with Gasteiger partial charge >= 0.3 is 11.9 Å². The first kappa shape index (κ1) is 59.2. The van der Waals surface area contributed by atoms with Crippen LogP contribution in [0.25, 0.3) is 0 Å². The Morgan fingerprint density at radius 3 is 2.00 bits per heavy atom. The number of esters is 2. The predicted octanol–water partition coefficient (Wildman–Crippen LogP) is 6.78. The van der Waals surface area contributed by atoms with Crippen molar-refractivity contribution in [1.29, 1.82) is 5.59 Å². The third-order valence-electron chi connectivity index (χ3n) is 5.84. The molecule has 1 unspecified atom stereocenters. The van der Waals surface area contributed by atoms with Crippen molar-refractivity contribution in [3.8, 4) is 0 Å². The first-order valence-corrected chi connectivity index (χ1v) is 19.5. The number of nitrogens with zero attached hydrogens (tertiary/aromatic N) is 1. The van der Waals surface area contributed by atoms with Gasteiger partial charge < -0.3 is 45.2 Å². The minimum atomic E-state index is -1.30. The molecular formula is C36H67N5O11S2. The van der Waals surface area contributed by atoms with Crippen LogP contribution >= 0.6 is 11.8 Å². The number of hydrogen-bond donors (Lipinski definition) is 6. The number of amides is 1. The molecule has 1 aromatic rings. The molecule has 1 aliphatic carbocycles. The Kier molecular flexibility index (Phi) is 42.3. The van der Waals surface area contributed by atoms with E-state index in [-0.39, 0.29) is 24.7 Å². The molecule has 1 fully saturated rings. The number of ether oxygens (including phenoxy) is 3. The number of aliphatic hydroxyl groups is 2. The summed E-state index contributed by atoms with van der Waals surface area (Å²) in [6.45, 7) is 25.6. The van der Waals surface area contributed by atoms with Crippen LogP contribution in [0.5, 0.6) is 0 Å². The minimum absolute atomic E-state index is 0.129. The maximum atomic E-state index is 12.2. The average molecular weight is 810 g/mol. The third-order valence-corrected chi connectivity index (χ3v) is 8.31. The van der Waals surface area contributed by atoms with Crippen molar-refractivity contribution in [3.05, 3.63) is 73.9 Å². The highest BCUT2D eigenvalue weighted by Gasteiger charge is 2.30. The molecule has 1 aliphatic rings. The smallest absolute Gasteiger partial charge is 0.376 e. The van der Waals surface area contributed by atoms with Gasteiger partial charge in [0, 0.05) is 26.4 Å². The molecule has 0 bridgehead atoms.